The molecule has 3 aromatic rings. The fraction of sp³-hybridized carbons (Fsp3) is 0.167. The molecule has 0 unspecified atom stereocenters. The van der Waals surface area contributed by atoms with Gasteiger partial charge in [-0.15, -0.1) is 10.2 Å². The first-order valence-corrected chi connectivity index (χ1v) is 8.56. The second-order valence-electron chi connectivity index (χ2n) is 5.44. The molecule has 0 aliphatic heterocycles. The van der Waals surface area contributed by atoms with Crippen molar-refractivity contribution in [3.63, 3.8) is 0 Å². The van der Waals surface area contributed by atoms with Crippen LogP contribution in [0.4, 0.5) is 5.69 Å². The van der Waals surface area contributed by atoms with Crippen molar-refractivity contribution in [3.05, 3.63) is 60.2 Å². The van der Waals surface area contributed by atoms with Gasteiger partial charge < -0.3 is 9.88 Å². The van der Waals surface area contributed by atoms with Crippen molar-refractivity contribution in [1.29, 1.82) is 0 Å². The number of thioether (sulfide) groups is 1. The number of hydrogen-bond acceptors (Lipinski definition) is 4. The van der Waals surface area contributed by atoms with Crippen LogP contribution in [0.2, 0.25) is 0 Å². The van der Waals surface area contributed by atoms with Crippen molar-refractivity contribution < 1.29 is 4.79 Å². The third-order valence-corrected chi connectivity index (χ3v) is 4.52. The molecule has 1 N–H and O–H groups in total. The minimum absolute atomic E-state index is 0.0603. The molecule has 122 valence electrons. The Bertz CT molecular complexity index is 845. The first kappa shape index (κ1) is 16.3. The molecule has 0 saturated carbocycles. The summed E-state index contributed by atoms with van der Waals surface area (Å²) >= 11 is 1.37. The van der Waals surface area contributed by atoms with Gasteiger partial charge in [-0.25, -0.2) is 0 Å². The summed E-state index contributed by atoms with van der Waals surface area (Å²) in [6, 6.07) is 17.6. The molecule has 3 rings (SSSR count). The Kier molecular flexibility index (Phi) is 4.96. The number of benzene rings is 2. The Hall–Kier alpha value is -2.60. The number of aromatic nitrogens is 3. The fourth-order valence-corrected chi connectivity index (χ4v) is 3.04. The number of nitrogens with one attached hydrogen (secondary N) is 1. The van der Waals surface area contributed by atoms with E-state index in [-0.39, 0.29) is 11.7 Å². The normalized spacial score (nSPS) is 10.6. The lowest BCUT2D eigenvalue weighted by Crippen LogP contribution is -2.14. The maximum Gasteiger partial charge on any atom is 0.234 e. The van der Waals surface area contributed by atoms with Crippen LogP contribution in [0.15, 0.2) is 59.8 Å². The zero-order valence-corrected chi connectivity index (χ0v) is 14.4. The van der Waals surface area contributed by atoms with Crippen LogP contribution >= 0.6 is 11.8 Å². The number of hydrogen-bond donors (Lipinski definition) is 1. The summed E-state index contributed by atoms with van der Waals surface area (Å²) in [5.41, 5.74) is 2.92. The van der Waals surface area contributed by atoms with Gasteiger partial charge in [-0.3, -0.25) is 4.79 Å². The monoisotopic (exact) mass is 338 g/mol. The lowest BCUT2D eigenvalue weighted by molar-refractivity contribution is -0.113. The molecule has 1 amide bonds. The average Bonchev–Trinajstić information content (AvgIpc) is 2.94. The summed E-state index contributed by atoms with van der Waals surface area (Å²) < 4.78 is 1.90. The highest BCUT2D eigenvalue weighted by atomic mass is 32.2. The molecule has 0 aliphatic rings. The molecule has 2 aromatic carbocycles. The van der Waals surface area contributed by atoms with Gasteiger partial charge in [-0.1, -0.05) is 54.2 Å². The molecule has 0 saturated heterocycles. The smallest absolute Gasteiger partial charge is 0.234 e. The molecule has 0 bridgehead atoms. The van der Waals surface area contributed by atoms with E-state index in [4.69, 9.17) is 0 Å². The van der Waals surface area contributed by atoms with Gasteiger partial charge in [0.15, 0.2) is 11.0 Å². The Balaban J connectivity index is 1.63. The number of carbonyl (C=O) groups excluding carboxylic acids is 1. The standard InChI is InChI=1S/C18H18N4OS/c1-13-7-6-10-15(11-13)19-16(23)12-24-18-21-20-17(22(18)2)14-8-4-3-5-9-14/h3-11H,12H2,1-2H3,(H,19,23). The van der Waals surface area contributed by atoms with Crippen molar-refractivity contribution in [2.75, 3.05) is 11.1 Å². The van der Waals surface area contributed by atoms with Crippen molar-refractivity contribution in [3.8, 4) is 11.4 Å². The van der Waals surface area contributed by atoms with Crippen molar-refractivity contribution in [2.24, 2.45) is 7.05 Å². The first-order valence-electron chi connectivity index (χ1n) is 7.57. The number of nitrogens with zero attached hydrogens (tertiary/aromatic N) is 3. The maximum absolute atomic E-state index is 12.1. The van der Waals surface area contributed by atoms with Crippen molar-refractivity contribution >= 4 is 23.4 Å². The summed E-state index contributed by atoms with van der Waals surface area (Å²) in [6.45, 7) is 2.00. The number of carbonyl (C=O) groups is 1. The highest BCUT2D eigenvalue weighted by molar-refractivity contribution is 7.99. The van der Waals surface area contributed by atoms with E-state index in [0.717, 1.165) is 22.6 Å². The van der Waals surface area contributed by atoms with Gasteiger partial charge in [-0.2, -0.15) is 0 Å². The molecule has 6 heteroatoms. The molecule has 0 atom stereocenters. The van der Waals surface area contributed by atoms with Gasteiger partial charge in [0.05, 0.1) is 5.75 Å². The predicted octanol–water partition coefficient (Wildman–Crippen LogP) is 3.52. The largest absolute Gasteiger partial charge is 0.325 e. The van der Waals surface area contributed by atoms with E-state index in [9.17, 15) is 4.79 Å². The topological polar surface area (TPSA) is 59.8 Å². The fourth-order valence-electron chi connectivity index (χ4n) is 2.33. The van der Waals surface area contributed by atoms with E-state index >= 15 is 0 Å². The highest BCUT2D eigenvalue weighted by Gasteiger charge is 2.12. The second-order valence-corrected chi connectivity index (χ2v) is 6.38. The molecular weight excluding hydrogens is 320 g/mol. The van der Waals surface area contributed by atoms with Gasteiger partial charge in [-0.05, 0) is 24.6 Å². The summed E-state index contributed by atoms with van der Waals surface area (Å²) in [7, 11) is 1.91. The van der Waals surface area contributed by atoms with Crippen LogP contribution in [0.1, 0.15) is 5.56 Å². The molecule has 0 aliphatic carbocycles. The van der Waals surface area contributed by atoms with Crippen LogP contribution in [-0.4, -0.2) is 26.4 Å². The first-order chi connectivity index (χ1) is 11.6. The Morgan fingerprint density at radius 3 is 2.67 bits per heavy atom. The van der Waals surface area contributed by atoms with E-state index in [0.29, 0.717) is 5.16 Å². The van der Waals surface area contributed by atoms with Crippen LogP contribution in [0.25, 0.3) is 11.4 Å². The number of amides is 1. The second kappa shape index (κ2) is 7.31. The van der Waals surface area contributed by atoms with Crippen LogP contribution in [0.3, 0.4) is 0 Å². The third kappa shape index (κ3) is 3.83. The van der Waals surface area contributed by atoms with E-state index in [1.807, 2.05) is 73.1 Å². The Labute approximate surface area is 145 Å². The zero-order chi connectivity index (χ0) is 16.9. The molecular formula is C18H18N4OS. The van der Waals surface area contributed by atoms with E-state index < -0.39 is 0 Å². The molecule has 5 nitrogen and oxygen atoms in total. The minimum Gasteiger partial charge on any atom is -0.325 e. The highest BCUT2D eigenvalue weighted by Crippen LogP contribution is 2.22. The van der Waals surface area contributed by atoms with Gasteiger partial charge in [0.2, 0.25) is 5.91 Å². The molecule has 0 fully saturated rings. The maximum atomic E-state index is 12.1. The minimum atomic E-state index is -0.0603. The van der Waals surface area contributed by atoms with E-state index in [1.165, 1.54) is 11.8 Å². The average molecular weight is 338 g/mol. The van der Waals surface area contributed by atoms with Crippen molar-refractivity contribution in [2.45, 2.75) is 12.1 Å². The summed E-state index contributed by atoms with van der Waals surface area (Å²) in [6.07, 6.45) is 0. The summed E-state index contributed by atoms with van der Waals surface area (Å²) in [4.78, 5) is 12.1. The molecule has 24 heavy (non-hydrogen) atoms. The Morgan fingerprint density at radius 2 is 1.92 bits per heavy atom. The summed E-state index contributed by atoms with van der Waals surface area (Å²) in [5.74, 6) is 1.02. The van der Waals surface area contributed by atoms with Gasteiger partial charge >= 0.3 is 0 Å². The van der Waals surface area contributed by atoms with Gasteiger partial charge in [0, 0.05) is 18.3 Å². The van der Waals surface area contributed by atoms with E-state index in [1.54, 1.807) is 0 Å². The number of anilines is 1. The van der Waals surface area contributed by atoms with Gasteiger partial charge in [0.25, 0.3) is 0 Å². The SMILES string of the molecule is Cc1cccc(NC(=O)CSc2nnc(-c3ccccc3)n2C)c1. The molecule has 0 radical (unpaired) electrons. The van der Waals surface area contributed by atoms with Crippen molar-refractivity contribution in [1.82, 2.24) is 14.8 Å². The van der Waals surface area contributed by atoms with Crippen LogP contribution in [0.5, 0.6) is 0 Å². The molecule has 1 aromatic heterocycles. The quantitative estimate of drug-likeness (QED) is 0.723. The predicted molar refractivity (Wildman–Crippen MR) is 97.0 cm³/mol. The van der Waals surface area contributed by atoms with Crippen LogP contribution < -0.4 is 5.32 Å². The molecule has 0 spiro atoms. The summed E-state index contributed by atoms with van der Waals surface area (Å²) in [5, 5.41) is 12.0. The third-order valence-electron chi connectivity index (χ3n) is 3.50. The van der Waals surface area contributed by atoms with Gasteiger partial charge in [0.1, 0.15) is 0 Å². The molecule has 1 heterocycles. The van der Waals surface area contributed by atoms with Crippen LogP contribution in [0, 0.1) is 6.92 Å². The van der Waals surface area contributed by atoms with E-state index in [2.05, 4.69) is 15.5 Å². The van der Waals surface area contributed by atoms with Crippen LogP contribution in [-0.2, 0) is 11.8 Å². The lowest BCUT2D eigenvalue weighted by Gasteiger charge is -2.06. The number of aryl methyl sites for hydroxylation is 1. The number of rotatable bonds is 5. The zero-order valence-electron chi connectivity index (χ0n) is 13.6. The lowest BCUT2D eigenvalue weighted by atomic mass is 10.2. The Morgan fingerprint density at radius 1 is 1.12 bits per heavy atom.